The van der Waals surface area contributed by atoms with Gasteiger partial charge in [-0.1, -0.05) is 25.1 Å². The molecule has 0 fully saturated rings. The molecule has 1 unspecified atom stereocenters. The Labute approximate surface area is 113 Å². The lowest BCUT2D eigenvalue weighted by Crippen LogP contribution is -2.39. The number of rotatable bonds is 4. The van der Waals surface area contributed by atoms with Gasteiger partial charge in [0.05, 0.1) is 5.69 Å². The predicted octanol–water partition coefficient (Wildman–Crippen LogP) is 2.40. The van der Waals surface area contributed by atoms with Crippen molar-refractivity contribution in [2.45, 2.75) is 26.3 Å². The van der Waals surface area contributed by atoms with Crippen LogP contribution in [-0.4, -0.2) is 19.1 Å². The minimum absolute atomic E-state index is 0.0194. The van der Waals surface area contributed by atoms with E-state index in [2.05, 4.69) is 6.58 Å². The molecule has 0 aromatic heterocycles. The lowest BCUT2D eigenvalue weighted by Gasteiger charge is -2.30. The molecule has 102 valence electrons. The first-order chi connectivity index (χ1) is 9.02. The molecule has 1 aliphatic rings. The average molecular weight is 260 g/mol. The molecule has 4 heteroatoms. The molecule has 1 atom stereocenters. The maximum absolute atomic E-state index is 12.0. The summed E-state index contributed by atoms with van der Waals surface area (Å²) in [6.45, 7) is 8.41. The van der Waals surface area contributed by atoms with E-state index >= 15 is 0 Å². The maximum Gasteiger partial charge on any atom is 0.265 e. The van der Waals surface area contributed by atoms with Gasteiger partial charge in [-0.3, -0.25) is 4.79 Å². The molecule has 1 aromatic rings. The van der Waals surface area contributed by atoms with E-state index < -0.39 is 0 Å². The standard InChI is InChI=1S/C15H20N2O2/c1-4-12(16)11-5-6-14-13(7-11)17(8-10(2)3)15(18)9-19-14/h5-7,12H,2,4,8-9,16H2,1,3H3. The molecule has 2 rings (SSSR count). The number of nitrogens with two attached hydrogens (primary N) is 1. The molecule has 0 saturated carbocycles. The zero-order chi connectivity index (χ0) is 14.0. The van der Waals surface area contributed by atoms with Gasteiger partial charge in [0.2, 0.25) is 0 Å². The quantitative estimate of drug-likeness (QED) is 0.846. The maximum atomic E-state index is 12.0. The fourth-order valence-electron chi connectivity index (χ4n) is 2.13. The zero-order valence-corrected chi connectivity index (χ0v) is 11.5. The second-order valence-corrected chi connectivity index (χ2v) is 4.97. The van der Waals surface area contributed by atoms with Gasteiger partial charge in [0.25, 0.3) is 5.91 Å². The van der Waals surface area contributed by atoms with E-state index in [1.54, 1.807) is 4.90 Å². The Bertz CT molecular complexity index is 511. The van der Waals surface area contributed by atoms with E-state index in [9.17, 15) is 4.79 Å². The van der Waals surface area contributed by atoms with Gasteiger partial charge < -0.3 is 15.4 Å². The summed E-state index contributed by atoms with van der Waals surface area (Å²) in [5, 5.41) is 0. The summed E-state index contributed by atoms with van der Waals surface area (Å²) >= 11 is 0. The van der Waals surface area contributed by atoms with E-state index in [1.165, 1.54) is 0 Å². The molecule has 0 aliphatic carbocycles. The van der Waals surface area contributed by atoms with Crippen LogP contribution in [0.25, 0.3) is 0 Å². The number of carbonyl (C=O) groups is 1. The molecule has 4 nitrogen and oxygen atoms in total. The van der Waals surface area contributed by atoms with E-state index in [-0.39, 0.29) is 18.6 Å². The highest BCUT2D eigenvalue weighted by Gasteiger charge is 2.26. The van der Waals surface area contributed by atoms with Crippen molar-refractivity contribution < 1.29 is 9.53 Å². The Hall–Kier alpha value is -1.81. The lowest BCUT2D eigenvalue weighted by atomic mass is 10.0. The molecule has 0 spiro atoms. The summed E-state index contributed by atoms with van der Waals surface area (Å²) < 4.78 is 5.45. The summed E-state index contributed by atoms with van der Waals surface area (Å²) in [6, 6.07) is 5.78. The van der Waals surface area contributed by atoms with Crippen molar-refractivity contribution in [2.24, 2.45) is 5.73 Å². The van der Waals surface area contributed by atoms with Crippen LogP contribution in [0.5, 0.6) is 5.75 Å². The average Bonchev–Trinajstić information content (AvgIpc) is 2.40. The summed E-state index contributed by atoms with van der Waals surface area (Å²) in [6.07, 6.45) is 0.855. The number of fused-ring (bicyclic) bond motifs is 1. The van der Waals surface area contributed by atoms with Crippen LogP contribution in [0.2, 0.25) is 0 Å². The molecule has 0 radical (unpaired) electrons. The molecule has 2 N–H and O–H groups in total. The van der Waals surface area contributed by atoms with E-state index in [1.807, 2.05) is 32.0 Å². The summed E-state index contributed by atoms with van der Waals surface area (Å²) in [5.41, 5.74) is 8.80. The molecule has 0 saturated heterocycles. The topological polar surface area (TPSA) is 55.6 Å². The SMILES string of the molecule is C=C(C)CN1C(=O)COc2ccc(C(N)CC)cc21. The van der Waals surface area contributed by atoms with Crippen LogP contribution in [0.4, 0.5) is 5.69 Å². The number of ether oxygens (including phenoxy) is 1. The first kappa shape index (κ1) is 13.6. The van der Waals surface area contributed by atoms with Gasteiger partial charge in [-0.2, -0.15) is 0 Å². The second-order valence-electron chi connectivity index (χ2n) is 4.97. The highest BCUT2D eigenvalue weighted by molar-refractivity contribution is 5.98. The molecule has 1 aliphatic heterocycles. The third-order valence-electron chi connectivity index (χ3n) is 3.22. The monoisotopic (exact) mass is 260 g/mol. The molecule has 1 aromatic carbocycles. The minimum atomic E-state index is -0.0438. The fraction of sp³-hybridized carbons (Fsp3) is 0.400. The number of amides is 1. The molecular formula is C15H20N2O2. The molecular weight excluding hydrogens is 240 g/mol. The van der Waals surface area contributed by atoms with Gasteiger partial charge >= 0.3 is 0 Å². The van der Waals surface area contributed by atoms with Crippen molar-refractivity contribution in [2.75, 3.05) is 18.1 Å². The molecule has 0 bridgehead atoms. The second kappa shape index (κ2) is 5.45. The van der Waals surface area contributed by atoms with Crippen molar-refractivity contribution in [3.05, 3.63) is 35.9 Å². The Morgan fingerprint density at radius 3 is 2.95 bits per heavy atom. The highest BCUT2D eigenvalue weighted by atomic mass is 16.5. The highest BCUT2D eigenvalue weighted by Crippen LogP contribution is 2.34. The molecule has 1 amide bonds. The lowest BCUT2D eigenvalue weighted by molar-refractivity contribution is -0.121. The number of carbonyl (C=O) groups excluding carboxylic acids is 1. The van der Waals surface area contributed by atoms with E-state index in [0.29, 0.717) is 6.54 Å². The van der Waals surface area contributed by atoms with E-state index in [0.717, 1.165) is 29.0 Å². The number of benzene rings is 1. The van der Waals surface area contributed by atoms with Crippen LogP contribution in [0.15, 0.2) is 30.4 Å². The summed E-state index contributed by atoms with van der Waals surface area (Å²) in [5.74, 6) is 0.686. The third-order valence-corrected chi connectivity index (χ3v) is 3.22. The van der Waals surface area contributed by atoms with E-state index in [4.69, 9.17) is 10.5 Å². The Kier molecular flexibility index (Phi) is 3.90. The largest absolute Gasteiger partial charge is 0.482 e. The van der Waals surface area contributed by atoms with Gasteiger partial charge in [-0.05, 0) is 31.0 Å². The third kappa shape index (κ3) is 2.79. The van der Waals surface area contributed by atoms with Gasteiger partial charge in [-0.25, -0.2) is 0 Å². The Morgan fingerprint density at radius 1 is 1.58 bits per heavy atom. The number of nitrogens with zero attached hydrogens (tertiary/aromatic N) is 1. The number of anilines is 1. The predicted molar refractivity (Wildman–Crippen MR) is 76.3 cm³/mol. The van der Waals surface area contributed by atoms with Gasteiger partial charge in [0, 0.05) is 12.6 Å². The van der Waals surface area contributed by atoms with Crippen molar-refractivity contribution in [1.82, 2.24) is 0 Å². The summed E-state index contributed by atoms with van der Waals surface area (Å²) in [4.78, 5) is 13.7. The Balaban J connectivity index is 2.40. The smallest absolute Gasteiger partial charge is 0.265 e. The van der Waals surface area contributed by atoms with Crippen molar-refractivity contribution >= 4 is 11.6 Å². The summed E-state index contributed by atoms with van der Waals surface area (Å²) in [7, 11) is 0. The van der Waals surface area contributed by atoms with Crippen LogP contribution in [0.1, 0.15) is 31.9 Å². The number of hydrogen-bond donors (Lipinski definition) is 1. The van der Waals surface area contributed by atoms with Gasteiger partial charge in [0.15, 0.2) is 6.61 Å². The molecule has 19 heavy (non-hydrogen) atoms. The van der Waals surface area contributed by atoms with Crippen molar-refractivity contribution in [3.8, 4) is 5.75 Å². The zero-order valence-electron chi connectivity index (χ0n) is 11.5. The van der Waals surface area contributed by atoms with Crippen LogP contribution in [0.3, 0.4) is 0 Å². The van der Waals surface area contributed by atoms with Crippen molar-refractivity contribution in [1.29, 1.82) is 0 Å². The first-order valence-corrected chi connectivity index (χ1v) is 6.50. The minimum Gasteiger partial charge on any atom is -0.482 e. The van der Waals surface area contributed by atoms with Crippen LogP contribution >= 0.6 is 0 Å². The fourth-order valence-corrected chi connectivity index (χ4v) is 2.13. The van der Waals surface area contributed by atoms with Gasteiger partial charge in [-0.15, -0.1) is 0 Å². The molecule has 1 heterocycles. The van der Waals surface area contributed by atoms with Crippen LogP contribution in [0, 0.1) is 0 Å². The number of hydrogen-bond acceptors (Lipinski definition) is 3. The first-order valence-electron chi connectivity index (χ1n) is 6.50. The van der Waals surface area contributed by atoms with Crippen molar-refractivity contribution in [3.63, 3.8) is 0 Å². The van der Waals surface area contributed by atoms with Gasteiger partial charge in [0.1, 0.15) is 5.75 Å². The van der Waals surface area contributed by atoms with Crippen LogP contribution in [-0.2, 0) is 4.79 Å². The normalized spacial score (nSPS) is 15.7. The Morgan fingerprint density at radius 2 is 2.32 bits per heavy atom. The van der Waals surface area contributed by atoms with Crippen LogP contribution < -0.4 is 15.4 Å².